The first kappa shape index (κ1) is 29.3. The van der Waals surface area contributed by atoms with E-state index in [9.17, 15) is 19.3 Å². The van der Waals surface area contributed by atoms with Crippen LogP contribution in [-0.2, 0) is 23.4 Å². The molecule has 2 aromatic heterocycles. The summed E-state index contributed by atoms with van der Waals surface area (Å²) in [6, 6.07) is 7.03. The third-order valence-corrected chi connectivity index (χ3v) is 7.98. The SMILES string of the molecule is CC(C)OC(=O)[C@H](C)N[P@](=O)(OC[C@H]1O[C@@H](n2cnc3c(=O)[nH]c(N)nc32)C(Cl)(Cl)[C@@H]1O)Oc1ccccc1. The lowest BCUT2D eigenvalue weighted by molar-refractivity contribution is -0.149. The largest absolute Gasteiger partial charge is 0.462 e. The van der Waals surface area contributed by atoms with Gasteiger partial charge < -0.3 is 24.8 Å². The van der Waals surface area contributed by atoms with Gasteiger partial charge in [0.2, 0.25) is 5.95 Å². The van der Waals surface area contributed by atoms with E-state index in [4.69, 9.17) is 47.5 Å². The van der Waals surface area contributed by atoms with Gasteiger partial charge in [-0.25, -0.2) is 9.55 Å². The van der Waals surface area contributed by atoms with Gasteiger partial charge >= 0.3 is 13.7 Å². The second-order valence-corrected chi connectivity index (χ2v) is 12.1. The number of carbonyl (C=O) groups is 1. The monoisotopic (exact) mass is 604 g/mol. The summed E-state index contributed by atoms with van der Waals surface area (Å²) in [7, 11) is -4.27. The predicted molar refractivity (Wildman–Crippen MR) is 141 cm³/mol. The number of ether oxygens (including phenoxy) is 2. The highest BCUT2D eigenvalue weighted by atomic mass is 35.5. The molecule has 1 aromatic carbocycles. The Bertz CT molecular complexity index is 1430. The first-order valence-electron chi connectivity index (χ1n) is 11.7. The van der Waals surface area contributed by atoms with Crippen molar-refractivity contribution < 1.29 is 33.0 Å². The number of hydrogen-bond donors (Lipinski definition) is 4. The van der Waals surface area contributed by atoms with Crippen LogP contribution in [0.15, 0.2) is 41.5 Å². The van der Waals surface area contributed by atoms with Crippen LogP contribution in [0.4, 0.5) is 5.95 Å². The van der Waals surface area contributed by atoms with Crippen LogP contribution >= 0.6 is 30.9 Å². The summed E-state index contributed by atoms with van der Waals surface area (Å²) in [6.07, 6.45) is -3.31. The topological polar surface area (TPSA) is 193 Å². The lowest BCUT2D eigenvalue weighted by atomic mass is 10.2. The fraction of sp³-hybridized carbons (Fsp3) is 0.455. The number of carbonyl (C=O) groups excluding carboxylic acids is 1. The van der Waals surface area contributed by atoms with E-state index in [-0.39, 0.29) is 22.9 Å². The van der Waals surface area contributed by atoms with Gasteiger partial charge in [0.1, 0.15) is 24.0 Å². The minimum atomic E-state index is -4.27. The van der Waals surface area contributed by atoms with Crippen LogP contribution in [0.25, 0.3) is 11.2 Å². The number of halogens is 2. The molecule has 0 aliphatic carbocycles. The molecule has 0 unspecified atom stereocenters. The molecule has 3 aromatic rings. The summed E-state index contributed by atoms with van der Waals surface area (Å²) >= 11 is 12.9. The number of imidazole rings is 1. The lowest BCUT2D eigenvalue weighted by Gasteiger charge is -2.25. The molecule has 0 bridgehead atoms. The highest BCUT2D eigenvalue weighted by Gasteiger charge is 2.56. The molecule has 1 fully saturated rings. The van der Waals surface area contributed by atoms with Gasteiger partial charge in [-0.05, 0) is 32.9 Å². The second kappa shape index (κ2) is 11.4. The Morgan fingerprint density at radius 3 is 2.69 bits per heavy atom. The number of aromatic amines is 1. The maximum absolute atomic E-state index is 13.7. The van der Waals surface area contributed by atoms with E-state index < -0.39 is 60.8 Å². The molecule has 39 heavy (non-hydrogen) atoms. The van der Waals surface area contributed by atoms with Crippen molar-refractivity contribution in [3.05, 3.63) is 47.0 Å². The number of nitrogens with zero attached hydrogens (tertiary/aromatic N) is 3. The molecule has 17 heteroatoms. The maximum Gasteiger partial charge on any atom is 0.459 e. The molecule has 212 valence electrons. The van der Waals surface area contributed by atoms with Gasteiger partial charge in [0.25, 0.3) is 5.56 Å². The summed E-state index contributed by atoms with van der Waals surface area (Å²) < 4.78 is 35.2. The summed E-state index contributed by atoms with van der Waals surface area (Å²) in [6.45, 7) is 4.23. The molecule has 0 radical (unpaired) electrons. The Morgan fingerprint density at radius 1 is 1.33 bits per heavy atom. The number of hydrogen-bond acceptors (Lipinski definition) is 11. The fourth-order valence-corrected chi connectivity index (χ4v) is 5.82. The third-order valence-electron chi connectivity index (χ3n) is 5.52. The average molecular weight is 605 g/mol. The second-order valence-electron chi connectivity index (χ2n) is 8.96. The van der Waals surface area contributed by atoms with E-state index in [1.165, 1.54) is 17.8 Å². The van der Waals surface area contributed by atoms with Crippen molar-refractivity contribution in [1.29, 1.82) is 0 Å². The number of aromatic nitrogens is 4. The molecule has 0 spiro atoms. The minimum Gasteiger partial charge on any atom is -0.462 e. The summed E-state index contributed by atoms with van der Waals surface area (Å²) in [5.74, 6) is -0.680. The standard InChI is InChI=1S/C22H27Cl2N6O8P/c1-11(2)36-19(33)12(3)29-39(34,38-13-7-5-4-6-8-13)35-9-14-16(31)22(23,24)20(37-14)30-10-26-15-17(30)27-21(25)28-18(15)32/h4-8,10-12,14,16,20,31H,9H2,1-3H3,(H,29,34)(H3,25,27,28,32)/t12-,14+,16+,20+,39-/m0/s1. The van der Waals surface area contributed by atoms with Crippen LogP contribution in [0.2, 0.25) is 0 Å². The van der Waals surface area contributed by atoms with Crippen molar-refractivity contribution in [3.8, 4) is 5.75 Å². The van der Waals surface area contributed by atoms with Crippen molar-refractivity contribution in [2.24, 2.45) is 0 Å². The van der Waals surface area contributed by atoms with Gasteiger partial charge in [0.05, 0.1) is 19.0 Å². The number of aliphatic hydroxyl groups excluding tert-OH is 1. The molecular weight excluding hydrogens is 578 g/mol. The number of anilines is 1. The van der Waals surface area contributed by atoms with E-state index in [0.29, 0.717) is 0 Å². The number of fused-ring (bicyclic) bond motifs is 1. The van der Waals surface area contributed by atoms with Gasteiger partial charge in [0, 0.05) is 0 Å². The Balaban J connectivity index is 1.56. The molecule has 14 nitrogen and oxygen atoms in total. The van der Waals surface area contributed by atoms with Gasteiger partial charge in [-0.3, -0.25) is 23.7 Å². The van der Waals surface area contributed by atoms with Gasteiger partial charge in [-0.1, -0.05) is 41.4 Å². The number of rotatable bonds is 10. The van der Waals surface area contributed by atoms with Crippen molar-refractivity contribution in [2.75, 3.05) is 12.3 Å². The highest BCUT2D eigenvalue weighted by molar-refractivity contribution is 7.52. The van der Waals surface area contributed by atoms with Gasteiger partial charge in [0.15, 0.2) is 21.7 Å². The van der Waals surface area contributed by atoms with Crippen LogP contribution in [-0.4, -0.2) is 65.9 Å². The zero-order valence-electron chi connectivity index (χ0n) is 21.0. The van der Waals surface area contributed by atoms with E-state index >= 15 is 0 Å². The summed E-state index contributed by atoms with van der Waals surface area (Å²) in [5, 5.41) is 13.4. The molecule has 4 rings (SSSR count). The number of aliphatic hydroxyl groups is 1. The number of para-hydroxylation sites is 1. The molecule has 1 aliphatic heterocycles. The minimum absolute atomic E-state index is 0.0120. The van der Waals surface area contributed by atoms with Crippen LogP contribution < -0.4 is 20.9 Å². The fourth-order valence-electron chi connectivity index (χ4n) is 3.73. The summed E-state index contributed by atoms with van der Waals surface area (Å²) in [4.78, 5) is 34.9. The van der Waals surface area contributed by atoms with Crippen LogP contribution in [0.1, 0.15) is 27.0 Å². The van der Waals surface area contributed by atoms with E-state index in [2.05, 4.69) is 20.0 Å². The smallest absolute Gasteiger partial charge is 0.459 e. The molecule has 5 atom stereocenters. The molecular formula is C22H27Cl2N6O8P. The zero-order chi connectivity index (χ0) is 28.5. The van der Waals surface area contributed by atoms with Crippen LogP contribution in [0, 0.1) is 0 Å². The molecule has 0 amide bonds. The van der Waals surface area contributed by atoms with Crippen molar-refractivity contribution in [1.82, 2.24) is 24.6 Å². The molecule has 3 heterocycles. The molecule has 1 saturated heterocycles. The van der Waals surface area contributed by atoms with Crippen LogP contribution in [0.3, 0.4) is 0 Å². The maximum atomic E-state index is 13.7. The first-order chi connectivity index (χ1) is 18.3. The van der Waals surface area contributed by atoms with Crippen molar-refractivity contribution in [2.45, 2.75) is 55.7 Å². The normalized spacial score (nSPS) is 23.0. The number of H-pyrrole nitrogens is 1. The molecule has 1 aliphatic rings. The number of nitrogens with two attached hydrogens (primary N) is 1. The quantitative estimate of drug-likeness (QED) is 0.150. The number of nitrogen functional groups attached to an aromatic ring is 1. The molecule has 0 saturated carbocycles. The Hall–Kier alpha value is -2.71. The number of alkyl halides is 2. The van der Waals surface area contributed by atoms with Gasteiger partial charge in [-0.2, -0.15) is 10.1 Å². The Labute approximate surface area is 232 Å². The van der Waals surface area contributed by atoms with E-state index in [1.807, 2.05) is 0 Å². The van der Waals surface area contributed by atoms with Gasteiger partial charge in [-0.15, -0.1) is 0 Å². The van der Waals surface area contributed by atoms with Crippen molar-refractivity contribution in [3.63, 3.8) is 0 Å². The van der Waals surface area contributed by atoms with Crippen molar-refractivity contribution >= 4 is 54.0 Å². The predicted octanol–water partition coefficient (Wildman–Crippen LogP) is 2.27. The molecule has 5 N–H and O–H groups in total. The number of nitrogens with one attached hydrogen (secondary N) is 2. The Morgan fingerprint density at radius 2 is 2.03 bits per heavy atom. The van der Waals surface area contributed by atoms with Crippen LogP contribution in [0.5, 0.6) is 5.75 Å². The number of esters is 1. The third kappa shape index (κ3) is 6.38. The number of benzene rings is 1. The first-order valence-corrected chi connectivity index (χ1v) is 14.0. The average Bonchev–Trinajstić information content (AvgIpc) is 3.36. The highest BCUT2D eigenvalue weighted by Crippen LogP contribution is 2.50. The van der Waals surface area contributed by atoms with E-state index in [0.717, 1.165) is 0 Å². The Kier molecular flexibility index (Phi) is 8.57. The van der Waals surface area contributed by atoms with E-state index in [1.54, 1.807) is 44.2 Å². The lowest BCUT2D eigenvalue weighted by Crippen LogP contribution is -2.39. The summed E-state index contributed by atoms with van der Waals surface area (Å²) in [5.41, 5.74) is 5.01. The zero-order valence-corrected chi connectivity index (χ0v) is 23.4.